The van der Waals surface area contributed by atoms with Crippen molar-refractivity contribution in [2.24, 2.45) is 0 Å². The van der Waals surface area contributed by atoms with Crippen LogP contribution in [0.2, 0.25) is 0 Å². The fourth-order valence-corrected chi connectivity index (χ4v) is 4.88. The highest BCUT2D eigenvalue weighted by Gasteiger charge is 2.43. The number of hydrogen-bond donors (Lipinski definition) is 4. The number of rotatable bonds is 17. The second-order valence-electron chi connectivity index (χ2n) is 8.16. The first-order valence-corrected chi connectivity index (χ1v) is 12.6. The molecular formula is C22H44O5S. The SMILES string of the molecule is CCCCCCCCCCCCCCCCS[C@H]1O[C@@H](CO)[C@@H](O)[C@@H](O)[C@@H]1O. The molecule has 0 aromatic heterocycles. The largest absolute Gasteiger partial charge is 0.394 e. The zero-order chi connectivity index (χ0) is 20.6. The summed E-state index contributed by atoms with van der Waals surface area (Å²) in [6.45, 7) is 1.90. The van der Waals surface area contributed by atoms with Crippen LogP contribution in [-0.2, 0) is 4.74 Å². The highest BCUT2D eigenvalue weighted by Crippen LogP contribution is 2.29. The lowest BCUT2D eigenvalue weighted by Crippen LogP contribution is -2.57. The highest BCUT2D eigenvalue weighted by atomic mass is 32.2. The van der Waals surface area contributed by atoms with E-state index in [9.17, 15) is 20.4 Å². The quantitative estimate of drug-likeness (QED) is 0.266. The Labute approximate surface area is 176 Å². The fraction of sp³-hybridized carbons (Fsp3) is 1.00. The molecular weight excluding hydrogens is 376 g/mol. The maximum absolute atomic E-state index is 10.00. The molecule has 168 valence electrons. The molecule has 1 aliphatic heterocycles. The van der Waals surface area contributed by atoms with Crippen molar-refractivity contribution in [3.05, 3.63) is 0 Å². The molecule has 1 aliphatic rings. The standard InChI is InChI=1S/C22H44O5S/c1-2-3-4-5-6-7-8-9-10-11-12-13-14-15-16-28-22-21(26)20(25)19(24)18(17-23)27-22/h18-26H,2-17H2,1H3/t18-,19+,20+,21-,22+/m0/s1. The Morgan fingerprint density at radius 1 is 0.643 bits per heavy atom. The van der Waals surface area contributed by atoms with Gasteiger partial charge in [-0.05, 0) is 12.2 Å². The molecule has 1 heterocycles. The van der Waals surface area contributed by atoms with E-state index in [4.69, 9.17) is 4.74 Å². The van der Waals surface area contributed by atoms with Crippen LogP contribution in [0, 0.1) is 0 Å². The van der Waals surface area contributed by atoms with Gasteiger partial charge in [-0.3, -0.25) is 0 Å². The summed E-state index contributed by atoms with van der Waals surface area (Å²) in [5, 5.41) is 38.8. The molecule has 0 bridgehead atoms. The van der Waals surface area contributed by atoms with Crippen molar-refractivity contribution >= 4 is 11.8 Å². The van der Waals surface area contributed by atoms with Crippen LogP contribution in [0.25, 0.3) is 0 Å². The second kappa shape index (κ2) is 16.9. The molecule has 0 spiro atoms. The van der Waals surface area contributed by atoms with Crippen LogP contribution in [0.1, 0.15) is 96.8 Å². The first kappa shape index (κ1) is 26.2. The predicted octanol–water partition coefficient (Wildman–Crippen LogP) is 4.00. The van der Waals surface area contributed by atoms with Crippen molar-refractivity contribution in [3.8, 4) is 0 Å². The number of hydrogen-bond acceptors (Lipinski definition) is 6. The molecule has 6 heteroatoms. The van der Waals surface area contributed by atoms with Gasteiger partial charge in [0.05, 0.1) is 6.61 Å². The maximum Gasteiger partial charge on any atom is 0.132 e. The van der Waals surface area contributed by atoms with Crippen LogP contribution in [0.4, 0.5) is 0 Å². The van der Waals surface area contributed by atoms with Crippen molar-refractivity contribution in [3.63, 3.8) is 0 Å². The normalized spacial score (nSPS) is 28.0. The molecule has 28 heavy (non-hydrogen) atoms. The van der Waals surface area contributed by atoms with Gasteiger partial charge in [0.25, 0.3) is 0 Å². The lowest BCUT2D eigenvalue weighted by atomic mass is 10.0. The van der Waals surface area contributed by atoms with Gasteiger partial charge in [0.1, 0.15) is 29.9 Å². The number of aliphatic hydroxyl groups excluding tert-OH is 4. The van der Waals surface area contributed by atoms with Crippen molar-refractivity contribution in [2.45, 2.75) is 127 Å². The van der Waals surface area contributed by atoms with Gasteiger partial charge < -0.3 is 25.2 Å². The number of aliphatic hydroxyl groups is 4. The first-order chi connectivity index (χ1) is 13.6. The number of ether oxygens (including phenoxy) is 1. The summed E-state index contributed by atoms with van der Waals surface area (Å²) in [7, 11) is 0. The maximum atomic E-state index is 10.00. The van der Waals surface area contributed by atoms with Crippen LogP contribution >= 0.6 is 11.8 Å². The Kier molecular flexibility index (Phi) is 15.8. The van der Waals surface area contributed by atoms with Gasteiger partial charge in [-0.1, -0.05) is 90.4 Å². The molecule has 1 saturated heterocycles. The van der Waals surface area contributed by atoms with Crippen LogP contribution in [0.3, 0.4) is 0 Å². The van der Waals surface area contributed by atoms with Crippen LogP contribution in [0.5, 0.6) is 0 Å². The molecule has 0 unspecified atom stereocenters. The number of unbranched alkanes of at least 4 members (excludes halogenated alkanes) is 13. The molecule has 0 saturated carbocycles. The molecule has 5 atom stereocenters. The third-order valence-electron chi connectivity index (χ3n) is 5.63. The first-order valence-electron chi connectivity index (χ1n) is 11.5. The summed E-state index contributed by atoms with van der Waals surface area (Å²) in [6.07, 6.45) is 14.1. The molecule has 0 amide bonds. The minimum atomic E-state index is -1.26. The summed E-state index contributed by atoms with van der Waals surface area (Å²) in [5.74, 6) is 0.848. The molecule has 0 aromatic rings. The summed E-state index contributed by atoms with van der Waals surface area (Å²) in [4.78, 5) is 0. The van der Waals surface area contributed by atoms with Gasteiger partial charge in [0, 0.05) is 0 Å². The minimum Gasteiger partial charge on any atom is -0.394 e. The monoisotopic (exact) mass is 420 g/mol. The van der Waals surface area contributed by atoms with Crippen molar-refractivity contribution in [2.75, 3.05) is 12.4 Å². The van der Waals surface area contributed by atoms with E-state index in [2.05, 4.69) is 6.92 Å². The van der Waals surface area contributed by atoms with E-state index in [0.717, 1.165) is 12.2 Å². The van der Waals surface area contributed by atoms with Gasteiger partial charge in [-0.25, -0.2) is 0 Å². The Balaban J connectivity index is 1.90. The van der Waals surface area contributed by atoms with Crippen molar-refractivity contribution in [1.82, 2.24) is 0 Å². The van der Waals surface area contributed by atoms with Crippen LogP contribution in [-0.4, -0.2) is 62.6 Å². The van der Waals surface area contributed by atoms with E-state index in [0.29, 0.717) is 0 Å². The molecule has 4 N–H and O–H groups in total. The van der Waals surface area contributed by atoms with E-state index in [1.165, 1.54) is 95.2 Å². The Morgan fingerprint density at radius 2 is 1.11 bits per heavy atom. The average Bonchev–Trinajstić information content (AvgIpc) is 2.70. The smallest absolute Gasteiger partial charge is 0.132 e. The minimum absolute atomic E-state index is 0.360. The molecule has 0 aromatic carbocycles. The Bertz CT molecular complexity index is 356. The summed E-state index contributed by atoms with van der Waals surface area (Å²) >= 11 is 1.46. The van der Waals surface area contributed by atoms with Gasteiger partial charge in [0.2, 0.25) is 0 Å². The Hall–Kier alpha value is 0.150. The highest BCUT2D eigenvalue weighted by molar-refractivity contribution is 7.99. The lowest BCUT2D eigenvalue weighted by molar-refractivity contribution is -0.205. The molecule has 1 fully saturated rings. The summed E-state index contributed by atoms with van der Waals surface area (Å²) in [6, 6.07) is 0. The lowest BCUT2D eigenvalue weighted by Gasteiger charge is -2.39. The van der Waals surface area contributed by atoms with Crippen LogP contribution in [0.15, 0.2) is 0 Å². The van der Waals surface area contributed by atoms with Crippen LogP contribution < -0.4 is 0 Å². The Morgan fingerprint density at radius 3 is 1.57 bits per heavy atom. The van der Waals surface area contributed by atoms with Crippen molar-refractivity contribution < 1.29 is 25.2 Å². The average molecular weight is 421 g/mol. The fourth-order valence-electron chi connectivity index (χ4n) is 3.70. The van der Waals surface area contributed by atoms with E-state index in [1.807, 2.05) is 0 Å². The molecule has 5 nitrogen and oxygen atoms in total. The number of thioether (sulfide) groups is 1. The second-order valence-corrected chi connectivity index (χ2v) is 9.37. The predicted molar refractivity (Wildman–Crippen MR) is 117 cm³/mol. The van der Waals surface area contributed by atoms with Gasteiger partial charge >= 0.3 is 0 Å². The van der Waals surface area contributed by atoms with E-state index in [-0.39, 0.29) is 6.61 Å². The zero-order valence-corrected chi connectivity index (χ0v) is 18.6. The third kappa shape index (κ3) is 10.8. The molecule has 0 aliphatic carbocycles. The zero-order valence-electron chi connectivity index (χ0n) is 17.8. The van der Waals surface area contributed by atoms with Crippen molar-refractivity contribution in [1.29, 1.82) is 0 Å². The summed E-state index contributed by atoms with van der Waals surface area (Å²) < 4.78 is 5.50. The summed E-state index contributed by atoms with van der Waals surface area (Å²) in [5.41, 5.74) is -0.586. The van der Waals surface area contributed by atoms with Gasteiger partial charge in [-0.2, -0.15) is 0 Å². The topological polar surface area (TPSA) is 90.2 Å². The van der Waals surface area contributed by atoms with E-state index in [1.54, 1.807) is 0 Å². The third-order valence-corrected chi connectivity index (χ3v) is 6.87. The molecule has 1 rings (SSSR count). The van der Waals surface area contributed by atoms with Gasteiger partial charge in [-0.15, -0.1) is 11.8 Å². The van der Waals surface area contributed by atoms with Gasteiger partial charge in [0.15, 0.2) is 0 Å². The van der Waals surface area contributed by atoms with E-state index < -0.39 is 29.9 Å². The van der Waals surface area contributed by atoms with E-state index >= 15 is 0 Å². The molecule has 0 radical (unpaired) electrons.